The molecule has 1 aliphatic rings. The fourth-order valence-corrected chi connectivity index (χ4v) is 2.63. The first-order valence-electron chi connectivity index (χ1n) is 6.03. The highest BCUT2D eigenvalue weighted by Crippen LogP contribution is 2.22. The van der Waals surface area contributed by atoms with Crippen molar-refractivity contribution in [1.82, 2.24) is 4.90 Å². The maximum atomic E-state index is 11.7. The fraction of sp³-hybridized carbons (Fsp3) is 0.917. The zero-order chi connectivity index (χ0) is 11.8. The van der Waals surface area contributed by atoms with E-state index >= 15 is 0 Å². The Morgan fingerprint density at radius 2 is 2.12 bits per heavy atom. The van der Waals surface area contributed by atoms with Gasteiger partial charge in [-0.15, -0.1) is 0 Å². The largest absolute Gasteiger partial charge is 0.385 e. The maximum Gasteiger partial charge on any atom is 0.232 e. The molecule has 0 N–H and O–H groups in total. The van der Waals surface area contributed by atoms with E-state index in [2.05, 4.69) is 0 Å². The summed E-state index contributed by atoms with van der Waals surface area (Å²) in [5.74, 6) is 1.74. The molecule has 0 atom stereocenters. The van der Waals surface area contributed by atoms with Crippen molar-refractivity contribution in [3.05, 3.63) is 0 Å². The van der Waals surface area contributed by atoms with Crippen LogP contribution in [0.3, 0.4) is 0 Å². The van der Waals surface area contributed by atoms with Gasteiger partial charge in [-0.25, -0.2) is 0 Å². The van der Waals surface area contributed by atoms with E-state index in [4.69, 9.17) is 4.74 Å². The summed E-state index contributed by atoms with van der Waals surface area (Å²) >= 11 is 1.61. The lowest BCUT2D eigenvalue weighted by Crippen LogP contribution is -2.39. The quantitative estimate of drug-likeness (QED) is 0.671. The van der Waals surface area contributed by atoms with Crippen molar-refractivity contribution in [2.75, 3.05) is 38.8 Å². The molecule has 1 amide bonds. The zero-order valence-corrected chi connectivity index (χ0v) is 11.2. The number of carbonyl (C=O) groups is 1. The molecule has 1 rings (SSSR count). The van der Waals surface area contributed by atoms with Crippen molar-refractivity contribution >= 4 is 17.7 Å². The molecule has 1 saturated heterocycles. The Morgan fingerprint density at radius 1 is 1.44 bits per heavy atom. The number of rotatable bonds is 6. The molecule has 3 nitrogen and oxygen atoms in total. The third kappa shape index (κ3) is 4.74. The fourth-order valence-electron chi connectivity index (χ4n) is 2.20. The molecule has 0 bridgehead atoms. The molecule has 0 unspecified atom stereocenters. The number of likely N-dealkylation sites (tertiary alicyclic amines) is 1. The van der Waals surface area contributed by atoms with Crippen LogP contribution in [0.15, 0.2) is 0 Å². The molecule has 16 heavy (non-hydrogen) atoms. The first kappa shape index (κ1) is 13.8. The Balaban J connectivity index is 2.15. The molecule has 0 aromatic heterocycles. The Hall–Kier alpha value is -0.220. The molecule has 0 saturated carbocycles. The smallest absolute Gasteiger partial charge is 0.232 e. The predicted octanol–water partition coefficient (Wildman–Crippen LogP) is 2.01. The van der Waals surface area contributed by atoms with Crippen LogP contribution in [0.1, 0.15) is 25.7 Å². The van der Waals surface area contributed by atoms with Crippen LogP contribution in [0.25, 0.3) is 0 Å². The average molecular weight is 245 g/mol. The maximum absolute atomic E-state index is 11.7. The number of carbonyl (C=O) groups excluding carboxylic acids is 1. The minimum atomic E-state index is 0.308. The molecular formula is C12H23NO2S. The predicted molar refractivity (Wildman–Crippen MR) is 68.8 cm³/mol. The van der Waals surface area contributed by atoms with Gasteiger partial charge in [-0.3, -0.25) is 4.79 Å². The van der Waals surface area contributed by atoms with Gasteiger partial charge in [0.2, 0.25) is 5.91 Å². The Kier molecular flexibility index (Phi) is 6.88. The van der Waals surface area contributed by atoms with Crippen LogP contribution in [0, 0.1) is 5.92 Å². The molecule has 0 spiro atoms. The van der Waals surface area contributed by atoms with Gasteiger partial charge in [-0.05, 0) is 37.9 Å². The van der Waals surface area contributed by atoms with Gasteiger partial charge in [0.1, 0.15) is 0 Å². The van der Waals surface area contributed by atoms with Gasteiger partial charge in [0.05, 0.1) is 5.75 Å². The summed E-state index contributed by atoms with van der Waals surface area (Å²) in [5, 5.41) is 0. The van der Waals surface area contributed by atoms with E-state index in [1.54, 1.807) is 18.9 Å². The van der Waals surface area contributed by atoms with Crippen LogP contribution in [0.5, 0.6) is 0 Å². The molecule has 0 radical (unpaired) electrons. The number of thioether (sulfide) groups is 1. The number of amides is 1. The van der Waals surface area contributed by atoms with Crippen LogP contribution in [0.2, 0.25) is 0 Å². The Bertz CT molecular complexity index is 203. The van der Waals surface area contributed by atoms with E-state index < -0.39 is 0 Å². The molecular weight excluding hydrogens is 222 g/mol. The van der Waals surface area contributed by atoms with E-state index in [1.165, 1.54) is 19.3 Å². The molecule has 4 heteroatoms. The second-order valence-electron chi connectivity index (χ2n) is 4.39. The van der Waals surface area contributed by atoms with Crippen molar-refractivity contribution < 1.29 is 9.53 Å². The molecule has 1 heterocycles. The van der Waals surface area contributed by atoms with Crippen LogP contribution < -0.4 is 0 Å². The normalized spacial score (nSPS) is 17.8. The summed E-state index contributed by atoms with van der Waals surface area (Å²) < 4.78 is 5.06. The van der Waals surface area contributed by atoms with Gasteiger partial charge < -0.3 is 9.64 Å². The lowest BCUT2D eigenvalue weighted by Gasteiger charge is -2.32. The number of hydrogen-bond donors (Lipinski definition) is 0. The third-order valence-electron chi connectivity index (χ3n) is 3.20. The van der Waals surface area contributed by atoms with Crippen molar-refractivity contribution in [2.45, 2.75) is 25.7 Å². The van der Waals surface area contributed by atoms with E-state index in [-0.39, 0.29) is 0 Å². The number of hydrogen-bond acceptors (Lipinski definition) is 3. The first-order chi connectivity index (χ1) is 7.77. The third-order valence-corrected chi connectivity index (χ3v) is 3.73. The van der Waals surface area contributed by atoms with E-state index in [0.717, 1.165) is 32.0 Å². The van der Waals surface area contributed by atoms with E-state index in [0.29, 0.717) is 11.7 Å². The zero-order valence-electron chi connectivity index (χ0n) is 10.4. The van der Waals surface area contributed by atoms with Crippen LogP contribution in [-0.2, 0) is 9.53 Å². The van der Waals surface area contributed by atoms with E-state index in [9.17, 15) is 4.79 Å². The van der Waals surface area contributed by atoms with Gasteiger partial charge >= 0.3 is 0 Å². The lowest BCUT2D eigenvalue weighted by molar-refractivity contribution is -0.129. The van der Waals surface area contributed by atoms with Crippen LogP contribution in [0.4, 0.5) is 0 Å². The Labute approximate surface area is 103 Å². The van der Waals surface area contributed by atoms with Gasteiger partial charge in [0.25, 0.3) is 0 Å². The summed E-state index contributed by atoms with van der Waals surface area (Å²) in [7, 11) is 1.75. The van der Waals surface area contributed by atoms with Crippen molar-refractivity contribution in [3.8, 4) is 0 Å². The molecule has 1 aliphatic heterocycles. The molecule has 1 fully saturated rings. The summed E-state index contributed by atoms with van der Waals surface area (Å²) in [6, 6.07) is 0. The summed E-state index contributed by atoms with van der Waals surface area (Å²) in [4.78, 5) is 13.7. The highest BCUT2D eigenvalue weighted by atomic mass is 32.2. The molecule has 0 aromatic carbocycles. The number of methoxy groups -OCH3 is 1. The number of ether oxygens (including phenoxy) is 1. The van der Waals surface area contributed by atoms with Crippen LogP contribution >= 0.6 is 11.8 Å². The van der Waals surface area contributed by atoms with Crippen molar-refractivity contribution in [1.29, 1.82) is 0 Å². The highest BCUT2D eigenvalue weighted by Gasteiger charge is 2.21. The van der Waals surface area contributed by atoms with Gasteiger partial charge in [-0.1, -0.05) is 0 Å². The topological polar surface area (TPSA) is 29.5 Å². The molecule has 0 aliphatic carbocycles. The second kappa shape index (κ2) is 7.96. The lowest BCUT2D eigenvalue weighted by atomic mass is 9.92. The average Bonchev–Trinajstić information content (AvgIpc) is 2.30. The first-order valence-corrected chi connectivity index (χ1v) is 7.43. The van der Waals surface area contributed by atoms with Crippen molar-refractivity contribution in [3.63, 3.8) is 0 Å². The standard InChI is InChI=1S/C12H23NO2S/c1-15-9-3-4-11-5-7-13(8-6-11)12(14)10-16-2/h11H,3-10H2,1-2H3. The molecule has 0 aromatic rings. The highest BCUT2D eigenvalue weighted by molar-refractivity contribution is 7.99. The van der Waals surface area contributed by atoms with Crippen LogP contribution in [-0.4, -0.2) is 49.6 Å². The minimum absolute atomic E-state index is 0.308. The molecule has 94 valence electrons. The Morgan fingerprint density at radius 3 is 2.69 bits per heavy atom. The van der Waals surface area contributed by atoms with E-state index in [1.807, 2.05) is 11.2 Å². The van der Waals surface area contributed by atoms with Gasteiger partial charge in [0.15, 0.2) is 0 Å². The summed E-state index contributed by atoms with van der Waals surface area (Å²) in [6.45, 7) is 2.78. The summed E-state index contributed by atoms with van der Waals surface area (Å²) in [5.41, 5.74) is 0. The monoisotopic (exact) mass is 245 g/mol. The number of piperidine rings is 1. The number of nitrogens with zero attached hydrogens (tertiary/aromatic N) is 1. The SMILES string of the molecule is COCCCC1CCN(C(=O)CSC)CC1. The van der Waals surface area contributed by atoms with Crippen molar-refractivity contribution in [2.24, 2.45) is 5.92 Å². The second-order valence-corrected chi connectivity index (χ2v) is 5.26. The van der Waals surface area contributed by atoms with Gasteiger partial charge in [-0.2, -0.15) is 11.8 Å². The van der Waals surface area contributed by atoms with Gasteiger partial charge in [0, 0.05) is 26.8 Å². The summed E-state index contributed by atoms with van der Waals surface area (Å²) in [6.07, 6.45) is 6.72. The minimum Gasteiger partial charge on any atom is -0.385 e.